The van der Waals surface area contributed by atoms with E-state index in [1.807, 2.05) is 6.07 Å². The predicted molar refractivity (Wildman–Crippen MR) is 123 cm³/mol. The van der Waals surface area contributed by atoms with Crippen LogP contribution >= 0.6 is 0 Å². The number of ether oxygens (including phenoxy) is 1. The number of hydrogen-bond donors (Lipinski definition) is 2. The zero-order valence-electron chi connectivity index (χ0n) is 18.9. The summed E-state index contributed by atoms with van der Waals surface area (Å²) in [6.07, 6.45) is 2.58. The van der Waals surface area contributed by atoms with Crippen LogP contribution < -0.4 is 15.6 Å². The Hall–Kier alpha value is -2.98. The predicted octanol–water partition coefficient (Wildman–Crippen LogP) is 2.33. The van der Waals surface area contributed by atoms with Gasteiger partial charge in [-0.1, -0.05) is 18.2 Å². The highest BCUT2D eigenvalue weighted by Crippen LogP contribution is 2.28. The zero-order chi connectivity index (χ0) is 24.3. The molecule has 1 fully saturated rings. The standard InChI is InChI=1S/C24H28FN3O5S/c1-16(33-22-8-3-2-7-21(22)25)23(29)26-27-24(30)18-11-13-28(14-12-18)34(31,32)20-10-9-17-5-4-6-19(17)15-20/h2-3,7-10,15-16,18H,4-6,11-14H2,1H3,(H,26,29)(H,27,30). The third-order valence-electron chi connectivity index (χ3n) is 6.35. The van der Waals surface area contributed by atoms with Crippen LogP contribution in [0.3, 0.4) is 0 Å². The highest BCUT2D eigenvalue weighted by Gasteiger charge is 2.33. The molecule has 0 radical (unpaired) electrons. The highest BCUT2D eigenvalue weighted by atomic mass is 32.2. The Labute approximate surface area is 198 Å². The molecule has 1 aliphatic heterocycles. The lowest BCUT2D eigenvalue weighted by molar-refractivity contribution is -0.134. The first-order chi connectivity index (χ1) is 16.3. The summed E-state index contributed by atoms with van der Waals surface area (Å²) >= 11 is 0. The summed E-state index contributed by atoms with van der Waals surface area (Å²) in [5.41, 5.74) is 6.97. The third kappa shape index (κ3) is 5.23. The summed E-state index contributed by atoms with van der Waals surface area (Å²) in [7, 11) is -3.62. The molecular formula is C24H28FN3O5S. The van der Waals surface area contributed by atoms with Crippen LogP contribution in [0.25, 0.3) is 0 Å². The van der Waals surface area contributed by atoms with Gasteiger partial charge in [0.05, 0.1) is 4.90 Å². The molecule has 2 aliphatic rings. The van der Waals surface area contributed by atoms with Crippen molar-refractivity contribution in [2.24, 2.45) is 5.92 Å². The molecule has 1 unspecified atom stereocenters. The second-order valence-corrected chi connectivity index (χ2v) is 10.6. The summed E-state index contributed by atoms with van der Waals surface area (Å²) < 4.78 is 46.5. The smallest absolute Gasteiger partial charge is 0.279 e. The van der Waals surface area contributed by atoms with Crippen LogP contribution in [0.15, 0.2) is 47.4 Å². The number of halogens is 1. The van der Waals surface area contributed by atoms with E-state index in [0.717, 1.165) is 24.8 Å². The number of benzene rings is 2. The summed E-state index contributed by atoms with van der Waals surface area (Å²) in [6, 6.07) is 11.1. The van der Waals surface area contributed by atoms with Crippen molar-refractivity contribution in [3.63, 3.8) is 0 Å². The largest absolute Gasteiger partial charge is 0.478 e. The summed E-state index contributed by atoms with van der Waals surface area (Å²) in [5.74, 6) is -2.12. The van der Waals surface area contributed by atoms with Gasteiger partial charge in [0.1, 0.15) is 0 Å². The Morgan fingerprint density at radius 3 is 2.50 bits per heavy atom. The molecule has 182 valence electrons. The quantitative estimate of drug-likeness (QED) is 0.606. The molecule has 2 N–H and O–H groups in total. The Morgan fingerprint density at radius 2 is 1.76 bits per heavy atom. The SMILES string of the molecule is CC(Oc1ccccc1F)C(=O)NNC(=O)C1CCN(S(=O)(=O)c2ccc3c(c2)CCC3)CC1. The molecule has 1 saturated heterocycles. The molecule has 0 saturated carbocycles. The first-order valence-electron chi connectivity index (χ1n) is 11.4. The van der Waals surface area contributed by atoms with Crippen molar-refractivity contribution >= 4 is 21.8 Å². The van der Waals surface area contributed by atoms with Gasteiger partial charge in [0.25, 0.3) is 5.91 Å². The number of hydrogen-bond acceptors (Lipinski definition) is 5. The van der Waals surface area contributed by atoms with Gasteiger partial charge in [-0.3, -0.25) is 20.4 Å². The van der Waals surface area contributed by atoms with Gasteiger partial charge in [-0.15, -0.1) is 0 Å². The number of carbonyl (C=O) groups excluding carboxylic acids is 2. The lowest BCUT2D eigenvalue weighted by atomic mass is 9.98. The first kappa shape index (κ1) is 24.2. The number of sulfonamides is 1. The number of hydrazine groups is 1. The highest BCUT2D eigenvalue weighted by molar-refractivity contribution is 7.89. The molecule has 2 aromatic rings. The summed E-state index contributed by atoms with van der Waals surface area (Å²) in [5, 5.41) is 0. The van der Waals surface area contributed by atoms with Gasteiger partial charge < -0.3 is 4.74 Å². The van der Waals surface area contributed by atoms with Gasteiger partial charge in [-0.2, -0.15) is 4.31 Å². The minimum Gasteiger partial charge on any atom is -0.478 e. The fourth-order valence-corrected chi connectivity index (χ4v) is 5.85. The molecular weight excluding hydrogens is 461 g/mol. The van der Waals surface area contributed by atoms with E-state index in [4.69, 9.17) is 4.74 Å². The van der Waals surface area contributed by atoms with E-state index in [9.17, 15) is 22.4 Å². The van der Waals surface area contributed by atoms with Crippen LogP contribution in [-0.4, -0.2) is 43.7 Å². The van der Waals surface area contributed by atoms with Crippen molar-refractivity contribution in [2.75, 3.05) is 13.1 Å². The molecule has 0 bridgehead atoms. The van der Waals surface area contributed by atoms with Gasteiger partial charge in [0, 0.05) is 19.0 Å². The average molecular weight is 490 g/mol. The second kappa shape index (κ2) is 10.1. The maximum atomic E-state index is 13.7. The minimum absolute atomic E-state index is 0.0616. The topological polar surface area (TPSA) is 105 Å². The molecule has 2 amide bonds. The van der Waals surface area contributed by atoms with E-state index < -0.39 is 39.7 Å². The molecule has 0 spiro atoms. The number of aryl methyl sites for hydroxylation is 2. The molecule has 8 nitrogen and oxygen atoms in total. The van der Waals surface area contributed by atoms with Crippen LogP contribution in [0.1, 0.15) is 37.3 Å². The van der Waals surface area contributed by atoms with E-state index in [2.05, 4.69) is 10.9 Å². The summed E-state index contributed by atoms with van der Waals surface area (Å²) in [6.45, 7) is 1.88. The minimum atomic E-state index is -3.62. The van der Waals surface area contributed by atoms with Crippen molar-refractivity contribution in [1.82, 2.24) is 15.2 Å². The van der Waals surface area contributed by atoms with Crippen LogP contribution in [0.5, 0.6) is 5.75 Å². The van der Waals surface area contributed by atoms with E-state index in [-0.39, 0.29) is 18.8 Å². The van der Waals surface area contributed by atoms with Crippen molar-refractivity contribution in [3.8, 4) is 5.75 Å². The van der Waals surface area contributed by atoms with Crippen LogP contribution in [0, 0.1) is 11.7 Å². The molecule has 1 aliphatic carbocycles. The van der Waals surface area contributed by atoms with Crippen molar-refractivity contribution in [3.05, 3.63) is 59.4 Å². The Kier molecular flexibility index (Phi) is 7.18. The molecule has 0 aromatic heterocycles. The second-order valence-electron chi connectivity index (χ2n) is 8.63. The number of rotatable bonds is 6. The summed E-state index contributed by atoms with van der Waals surface area (Å²) in [4.78, 5) is 25.0. The van der Waals surface area contributed by atoms with Gasteiger partial charge in [-0.25, -0.2) is 12.8 Å². The normalized spacial score (nSPS) is 17.6. The van der Waals surface area contributed by atoms with Gasteiger partial charge in [-0.05, 0) is 74.4 Å². The molecule has 1 atom stereocenters. The lowest BCUT2D eigenvalue weighted by Crippen LogP contribution is -2.51. The number of fused-ring (bicyclic) bond motifs is 1. The first-order valence-corrected chi connectivity index (χ1v) is 12.8. The lowest BCUT2D eigenvalue weighted by Gasteiger charge is -2.30. The Balaban J connectivity index is 1.26. The molecule has 1 heterocycles. The zero-order valence-corrected chi connectivity index (χ0v) is 19.7. The Morgan fingerprint density at radius 1 is 1.06 bits per heavy atom. The van der Waals surface area contributed by atoms with Crippen LogP contribution in [0.4, 0.5) is 4.39 Å². The monoisotopic (exact) mass is 489 g/mol. The fraction of sp³-hybridized carbons (Fsp3) is 0.417. The molecule has 2 aromatic carbocycles. The van der Waals surface area contributed by atoms with Crippen LogP contribution in [-0.2, 0) is 32.5 Å². The van der Waals surface area contributed by atoms with Crippen molar-refractivity contribution in [2.45, 2.75) is 50.0 Å². The maximum absolute atomic E-state index is 13.7. The molecule has 4 rings (SSSR count). The van der Waals surface area contributed by atoms with Crippen molar-refractivity contribution < 1.29 is 27.1 Å². The van der Waals surface area contributed by atoms with E-state index in [1.165, 1.54) is 35.0 Å². The number of amides is 2. The van der Waals surface area contributed by atoms with Crippen molar-refractivity contribution in [1.29, 1.82) is 0 Å². The van der Waals surface area contributed by atoms with Gasteiger partial charge in [0.15, 0.2) is 17.7 Å². The maximum Gasteiger partial charge on any atom is 0.279 e. The Bertz CT molecular complexity index is 1180. The molecule has 10 heteroatoms. The van der Waals surface area contributed by atoms with E-state index in [0.29, 0.717) is 17.7 Å². The number of piperidine rings is 1. The number of nitrogens with one attached hydrogen (secondary N) is 2. The van der Waals surface area contributed by atoms with Gasteiger partial charge >= 0.3 is 0 Å². The number of carbonyl (C=O) groups is 2. The molecule has 34 heavy (non-hydrogen) atoms. The average Bonchev–Trinajstić information content (AvgIpc) is 3.32. The van der Waals surface area contributed by atoms with E-state index in [1.54, 1.807) is 18.2 Å². The van der Waals surface area contributed by atoms with E-state index >= 15 is 0 Å². The number of para-hydroxylation sites is 1. The number of nitrogens with zero attached hydrogens (tertiary/aromatic N) is 1. The third-order valence-corrected chi connectivity index (χ3v) is 8.25. The van der Waals surface area contributed by atoms with Crippen LogP contribution in [0.2, 0.25) is 0 Å². The van der Waals surface area contributed by atoms with Gasteiger partial charge in [0.2, 0.25) is 15.9 Å². The fourth-order valence-electron chi connectivity index (χ4n) is 4.33.